The summed E-state index contributed by atoms with van der Waals surface area (Å²) in [5, 5.41) is 0. The van der Waals surface area contributed by atoms with Gasteiger partial charge >= 0.3 is 0 Å². The summed E-state index contributed by atoms with van der Waals surface area (Å²) < 4.78 is 5.76. The summed E-state index contributed by atoms with van der Waals surface area (Å²) in [6, 6.07) is 18.8. The van der Waals surface area contributed by atoms with Crippen LogP contribution in [0.15, 0.2) is 54.6 Å². The number of nitrogens with two attached hydrogens (primary N) is 1. The van der Waals surface area contributed by atoms with E-state index in [1.165, 1.54) is 17.5 Å². The fourth-order valence-electron chi connectivity index (χ4n) is 3.24. The van der Waals surface area contributed by atoms with Crippen molar-refractivity contribution in [2.45, 2.75) is 31.7 Å². The van der Waals surface area contributed by atoms with Gasteiger partial charge in [0.15, 0.2) is 0 Å². The smallest absolute Gasteiger partial charge is 0.119 e. The molecular weight excluding hydrogens is 258 g/mol. The normalized spacial score (nSPS) is 20.8. The zero-order valence-corrected chi connectivity index (χ0v) is 12.4. The molecule has 0 spiro atoms. The van der Waals surface area contributed by atoms with Gasteiger partial charge in [0, 0.05) is 6.04 Å². The first kappa shape index (κ1) is 14.2. The van der Waals surface area contributed by atoms with Gasteiger partial charge in [-0.3, -0.25) is 0 Å². The van der Waals surface area contributed by atoms with E-state index in [2.05, 4.69) is 24.3 Å². The van der Waals surface area contributed by atoms with Crippen molar-refractivity contribution in [1.29, 1.82) is 0 Å². The lowest BCUT2D eigenvalue weighted by atomic mass is 9.78. The molecule has 0 amide bonds. The Balaban J connectivity index is 1.48. The number of para-hydroxylation sites is 1. The SMILES string of the molecule is NC1c2ccccc2CCC1CCCOc1ccccc1. The maximum Gasteiger partial charge on any atom is 0.119 e. The topological polar surface area (TPSA) is 35.2 Å². The number of hydrogen-bond donors (Lipinski definition) is 1. The fourth-order valence-corrected chi connectivity index (χ4v) is 3.24. The van der Waals surface area contributed by atoms with Crippen molar-refractivity contribution in [2.24, 2.45) is 11.7 Å². The average molecular weight is 281 g/mol. The van der Waals surface area contributed by atoms with Gasteiger partial charge in [-0.15, -0.1) is 0 Å². The molecule has 110 valence electrons. The zero-order valence-electron chi connectivity index (χ0n) is 12.4. The monoisotopic (exact) mass is 281 g/mol. The molecule has 2 nitrogen and oxygen atoms in total. The van der Waals surface area contributed by atoms with E-state index in [0.29, 0.717) is 5.92 Å². The quantitative estimate of drug-likeness (QED) is 0.837. The van der Waals surface area contributed by atoms with Gasteiger partial charge in [0.2, 0.25) is 0 Å². The van der Waals surface area contributed by atoms with E-state index in [1.807, 2.05) is 30.3 Å². The van der Waals surface area contributed by atoms with Gasteiger partial charge in [0.25, 0.3) is 0 Å². The van der Waals surface area contributed by atoms with Gasteiger partial charge in [-0.1, -0.05) is 42.5 Å². The predicted octanol–water partition coefficient (Wildman–Crippen LogP) is 4.11. The van der Waals surface area contributed by atoms with Gasteiger partial charge in [-0.05, 0) is 54.9 Å². The maximum absolute atomic E-state index is 6.44. The standard InChI is InChI=1S/C19H23NO/c20-19-16(13-12-15-7-4-5-11-18(15)19)8-6-14-21-17-9-2-1-3-10-17/h1-5,7,9-11,16,19H,6,8,12-14,20H2. The van der Waals surface area contributed by atoms with Crippen molar-refractivity contribution in [2.75, 3.05) is 6.61 Å². The number of fused-ring (bicyclic) bond motifs is 1. The molecule has 1 aliphatic rings. The van der Waals surface area contributed by atoms with Crippen LogP contribution in [-0.2, 0) is 6.42 Å². The Morgan fingerprint density at radius 3 is 2.62 bits per heavy atom. The minimum absolute atomic E-state index is 0.187. The highest BCUT2D eigenvalue weighted by Crippen LogP contribution is 2.35. The van der Waals surface area contributed by atoms with Crippen LogP contribution in [0.25, 0.3) is 0 Å². The molecule has 0 aliphatic heterocycles. The summed E-state index contributed by atoms with van der Waals surface area (Å²) in [5.74, 6) is 1.54. The van der Waals surface area contributed by atoms with Crippen molar-refractivity contribution in [3.8, 4) is 5.75 Å². The van der Waals surface area contributed by atoms with Crippen molar-refractivity contribution in [3.63, 3.8) is 0 Å². The number of aryl methyl sites for hydroxylation is 1. The average Bonchev–Trinajstić information content (AvgIpc) is 2.55. The van der Waals surface area contributed by atoms with Gasteiger partial charge in [0.1, 0.15) is 5.75 Å². The lowest BCUT2D eigenvalue weighted by molar-refractivity contribution is 0.271. The van der Waals surface area contributed by atoms with Crippen LogP contribution in [0.1, 0.15) is 36.4 Å². The summed E-state index contributed by atoms with van der Waals surface area (Å²) in [7, 11) is 0. The number of ether oxygens (including phenoxy) is 1. The van der Waals surface area contributed by atoms with Crippen LogP contribution in [0.2, 0.25) is 0 Å². The summed E-state index contributed by atoms with van der Waals surface area (Å²) in [6.07, 6.45) is 4.56. The third kappa shape index (κ3) is 3.45. The second-order valence-electron chi connectivity index (χ2n) is 5.83. The van der Waals surface area contributed by atoms with E-state index in [1.54, 1.807) is 0 Å². The molecule has 0 radical (unpaired) electrons. The molecule has 2 N–H and O–H groups in total. The van der Waals surface area contributed by atoms with E-state index in [0.717, 1.165) is 31.6 Å². The highest BCUT2D eigenvalue weighted by Gasteiger charge is 2.25. The van der Waals surface area contributed by atoms with Crippen LogP contribution in [-0.4, -0.2) is 6.61 Å². The summed E-state index contributed by atoms with van der Waals surface area (Å²) in [5.41, 5.74) is 9.22. The van der Waals surface area contributed by atoms with Crippen LogP contribution >= 0.6 is 0 Å². The van der Waals surface area contributed by atoms with Crippen LogP contribution in [0.4, 0.5) is 0 Å². The second-order valence-corrected chi connectivity index (χ2v) is 5.83. The predicted molar refractivity (Wildman–Crippen MR) is 86.4 cm³/mol. The summed E-state index contributed by atoms with van der Waals surface area (Å²) >= 11 is 0. The van der Waals surface area contributed by atoms with E-state index in [4.69, 9.17) is 10.5 Å². The van der Waals surface area contributed by atoms with Gasteiger partial charge in [-0.25, -0.2) is 0 Å². The van der Waals surface area contributed by atoms with Crippen molar-refractivity contribution >= 4 is 0 Å². The van der Waals surface area contributed by atoms with E-state index >= 15 is 0 Å². The third-order valence-corrected chi connectivity index (χ3v) is 4.44. The molecule has 21 heavy (non-hydrogen) atoms. The largest absolute Gasteiger partial charge is 0.494 e. The molecule has 2 unspecified atom stereocenters. The molecule has 0 saturated carbocycles. The molecule has 0 bridgehead atoms. The third-order valence-electron chi connectivity index (χ3n) is 4.44. The lowest BCUT2D eigenvalue weighted by Gasteiger charge is -2.31. The first-order valence-corrected chi connectivity index (χ1v) is 7.86. The Morgan fingerprint density at radius 1 is 1.00 bits per heavy atom. The van der Waals surface area contributed by atoms with Crippen LogP contribution in [0.3, 0.4) is 0 Å². The number of hydrogen-bond acceptors (Lipinski definition) is 2. The Hall–Kier alpha value is -1.80. The van der Waals surface area contributed by atoms with E-state index in [-0.39, 0.29) is 6.04 Å². The minimum Gasteiger partial charge on any atom is -0.494 e. The molecule has 0 aromatic heterocycles. The minimum atomic E-state index is 0.187. The van der Waals surface area contributed by atoms with Crippen molar-refractivity contribution in [3.05, 3.63) is 65.7 Å². The molecular formula is C19H23NO. The van der Waals surface area contributed by atoms with Crippen LogP contribution < -0.4 is 10.5 Å². The molecule has 0 saturated heterocycles. The zero-order chi connectivity index (χ0) is 14.5. The van der Waals surface area contributed by atoms with Crippen LogP contribution in [0, 0.1) is 5.92 Å². The molecule has 2 aromatic rings. The maximum atomic E-state index is 6.44. The van der Waals surface area contributed by atoms with Gasteiger partial charge in [0.05, 0.1) is 6.61 Å². The summed E-state index contributed by atoms with van der Waals surface area (Å²) in [4.78, 5) is 0. The molecule has 3 rings (SSSR count). The molecule has 2 atom stereocenters. The molecule has 2 heteroatoms. The molecule has 1 aliphatic carbocycles. The Morgan fingerprint density at radius 2 is 1.76 bits per heavy atom. The number of rotatable bonds is 5. The first-order valence-electron chi connectivity index (χ1n) is 7.86. The molecule has 0 fully saturated rings. The van der Waals surface area contributed by atoms with Gasteiger partial charge in [-0.2, -0.15) is 0 Å². The number of benzene rings is 2. The Labute approximate surface area is 126 Å². The van der Waals surface area contributed by atoms with Gasteiger partial charge < -0.3 is 10.5 Å². The van der Waals surface area contributed by atoms with E-state index < -0.39 is 0 Å². The Bertz CT molecular complexity index is 567. The Kier molecular flexibility index (Phi) is 4.56. The second kappa shape index (κ2) is 6.77. The van der Waals surface area contributed by atoms with Crippen molar-refractivity contribution < 1.29 is 4.74 Å². The highest BCUT2D eigenvalue weighted by atomic mass is 16.5. The first-order chi connectivity index (χ1) is 10.3. The van der Waals surface area contributed by atoms with E-state index in [9.17, 15) is 0 Å². The molecule has 0 heterocycles. The fraction of sp³-hybridized carbons (Fsp3) is 0.368. The summed E-state index contributed by atoms with van der Waals surface area (Å²) in [6.45, 7) is 0.773. The lowest BCUT2D eigenvalue weighted by Crippen LogP contribution is -2.27. The highest BCUT2D eigenvalue weighted by molar-refractivity contribution is 5.32. The van der Waals surface area contributed by atoms with Crippen LogP contribution in [0.5, 0.6) is 5.75 Å². The molecule has 2 aromatic carbocycles. The van der Waals surface area contributed by atoms with Crippen molar-refractivity contribution in [1.82, 2.24) is 0 Å².